The third-order valence-electron chi connectivity index (χ3n) is 4.65. The van der Waals surface area contributed by atoms with Gasteiger partial charge in [-0.15, -0.1) is 0 Å². The van der Waals surface area contributed by atoms with E-state index in [-0.39, 0.29) is 12.8 Å². The molecule has 1 heterocycles. The number of amides is 2. The van der Waals surface area contributed by atoms with Crippen LogP contribution in [0.25, 0.3) is 0 Å². The quantitative estimate of drug-likeness (QED) is 0.858. The van der Waals surface area contributed by atoms with Gasteiger partial charge in [0.1, 0.15) is 0 Å². The zero-order chi connectivity index (χ0) is 18.5. The molecular weight excluding hydrogens is 328 g/mol. The number of hydrogen-bond donors (Lipinski definition) is 1. The molecule has 2 amide bonds. The monoisotopic (exact) mass is 354 g/mol. The van der Waals surface area contributed by atoms with E-state index in [1.54, 1.807) is 4.90 Å². The SMILES string of the molecule is CCN(Cc1ccc2c(c1)OCO2)C(=O)NCCc1ccc(C)cc1C. The maximum absolute atomic E-state index is 12.5. The van der Waals surface area contributed by atoms with E-state index in [2.05, 4.69) is 37.4 Å². The Morgan fingerprint density at radius 3 is 2.69 bits per heavy atom. The highest BCUT2D eigenvalue weighted by Gasteiger charge is 2.16. The summed E-state index contributed by atoms with van der Waals surface area (Å²) in [6.45, 7) is 8.26. The zero-order valence-electron chi connectivity index (χ0n) is 15.7. The van der Waals surface area contributed by atoms with Crippen LogP contribution in [0, 0.1) is 13.8 Å². The number of carbonyl (C=O) groups excluding carboxylic acids is 1. The molecule has 26 heavy (non-hydrogen) atoms. The van der Waals surface area contributed by atoms with E-state index in [4.69, 9.17) is 9.47 Å². The Labute approximate surface area is 154 Å². The fraction of sp³-hybridized carbons (Fsp3) is 0.381. The minimum Gasteiger partial charge on any atom is -0.454 e. The van der Waals surface area contributed by atoms with E-state index in [9.17, 15) is 4.79 Å². The summed E-state index contributed by atoms with van der Waals surface area (Å²) in [6.07, 6.45) is 0.833. The van der Waals surface area contributed by atoms with Crippen LogP contribution in [0.1, 0.15) is 29.2 Å². The molecule has 2 aromatic rings. The number of rotatable bonds is 6. The third kappa shape index (κ3) is 4.28. The average molecular weight is 354 g/mol. The number of nitrogens with zero attached hydrogens (tertiary/aromatic N) is 1. The van der Waals surface area contributed by atoms with Crippen molar-refractivity contribution in [2.45, 2.75) is 33.7 Å². The van der Waals surface area contributed by atoms with Crippen molar-refractivity contribution >= 4 is 6.03 Å². The maximum atomic E-state index is 12.5. The first kappa shape index (κ1) is 18.1. The Morgan fingerprint density at radius 2 is 1.92 bits per heavy atom. The molecular formula is C21H26N2O3. The number of carbonyl (C=O) groups is 1. The summed E-state index contributed by atoms with van der Waals surface area (Å²) in [7, 11) is 0. The minimum absolute atomic E-state index is 0.0464. The Bertz CT molecular complexity index is 789. The van der Waals surface area contributed by atoms with Crippen LogP contribution in [-0.4, -0.2) is 30.8 Å². The molecule has 5 heteroatoms. The van der Waals surface area contributed by atoms with Crippen LogP contribution in [0.2, 0.25) is 0 Å². The summed E-state index contributed by atoms with van der Waals surface area (Å²) in [5, 5.41) is 3.03. The van der Waals surface area contributed by atoms with Gasteiger partial charge in [0.15, 0.2) is 11.5 Å². The molecule has 0 atom stereocenters. The van der Waals surface area contributed by atoms with Gasteiger partial charge in [0.2, 0.25) is 6.79 Å². The van der Waals surface area contributed by atoms with E-state index in [1.165, 1.54) is 16.7 Å². The number of nitrogens with one attached hydrogen (secondary N) is 1. The van der Waals surface area contributed by atoms with Crippen LogP contribution in [0.4, 0.5) is 4.79 Å². The topological polar surface area (TPSA) is 50.8 Å². The van der Waals surface area contributed by atoms with Crippen molar-refractivity contribution in [2.75, 3.05) is 19.9 Å². The van der Waals surface area contributed by atoms with Gasteiger partial charge in [-0.3, -0.25) is 0 Å². The van der Waals surface area contributed by atoms with Gasteiger partial charge in [0.25, 0.3) is 0 Å². The van der Waals surface area contributed by atoms with Gasteiger partial charge in [-0.1, -0.05) is 29.8 Å². The first-order chi connectivity index (χ1) is 12.6. The molecule has 0 saturated carbocycles. The normalized spacial score (nSPS) is 12.1. The van der Waals surface area contributed by atoms with Crippen LogP contribution in [0.5, 0.6) is 11.5 Å². The Balaban J connectivity index is 1.53. The minimum atomic E-state index is -0.0464. The first-order valence-electron chi connectivity index (χ1n) is 9.04. The third-order valence-corrected chi connectivity index (χ3v) is 4.65. The van der Waals surface area contributed by atoms with Gasteiger partial charge < -0.3 is 19.7 Å². The van der Waals surface area contributed by atoms with Crippen molar-refractivity contribution in [2.24, 2.45) is 0 Å². The van der Waals surface area contributed by atoms with Crippen LogP contribution < -0.4 is 14.8 Å². The molecule has 1 aliphatic heterocycles. The zero-order valence-corrected chi connectivity index (χ0v) is 15.7. The second-order valence-corrected chi connectivity index (χ2v) is 6.61. The summed E-state index contributed by atoms with van der Waals surface area (Å²) >= 11 is 0. The van der Waals surface area contributed by atoms with E-state index in [0.717, 1.165) is 23.5 Å². The molecule has 0 aliphatic carbocycles. The molecule has 0 bridgehead atoms. The molecule has 0 unspecified atom stereocenters. The predicted octanol–water partition coefficient (Wildman–Crippen LogP) is 3.81. The summed E-state index contributed by atoms with van der Waals surface area (Å²) in [5.41, 5.74) is 4.83. The fourth-order valence-corrected chi connectivity index (χ4v) is 3.13. The summed E-state index contributed by atoms with van der Waals surface area (Å²) in [5.74, 6) is 1.50. The first-order valence-corrected chi connectivity index (χ1v) is 9.04. The fourth-order valence-electron chi connectivity index (χ4n) is 3.13. The predicted molar refractivity (Wildman–Crippen MR) is 102 cm³/mol. The smallest absolute Gasteiger partial charge is 0.317 e. The second-order valence-electron chi connectivity index (χ2n) is 6.61. The lowest BCUT2D eigenvalue weighted by atomic mass is 10.0. The largest absolute Gasteiger partial charge is 0.454 e. The van der Waals surface area contributed by atoms with E-state index in [0.29, 0.717) is 19.6 Å². The van der Waals surface area contributed by atoms with Crippen LogP contribution >= 0.6 is 0 Å². The van der Waals surface area contributed by atoms with E-state index >= 15 is 0 Å². The molecule has 0 spiro atoms. The molecule has 1 N–H and O–H groups in total. The number of aryl methyl sites for hydroxylation is 2. The molecule has 3 rings (SSSR count). The standard InChI is InChI=1S/C21H26N2O3/c1-4-23(13-17-6-8-19-20(12-17)26-14-25-19)21(24)22-10-9-18-7-5-15(2)11-16(18)3/h5-8,11-12H,4,9-10,13-14H2,1-3H3,(H,22,24). The van der Waals surface area contributed by atoms with E-state index in [1.807, 2.05) is 25.1 Å². The van der Waals surface area contributed by atoms with Crippen LogP contribution in [-0.2, 0) is 13.0 Å². The van der Waals surface area contributed by atoms with Crippen molar-refractivity contribution in [3.8, 4) is 11.5 Å². The van der Waals surface area contributed by atoms with E-state index < -0.39 is 0 Å². The molecule has 0 radical (unpaired) electrons. The van der Waals surface area contributed by atoms with Crippen LogP contribution in [0.3, 0.4) is 0 Å². The molecule has 0 saturated heterocycles. The molecule has 0 fully saturated rings. The Hall–Kier alpha value is -2.69. The highest BCUT2D eigenvalue weighted by molar-refractivity contribution is 5.74. The highest BCUT2D eigenvalue weighted by Crippen LogP contribution is 2.32. The van der Waals surface area contributed by atoms with Gasteiger partial charge in [-0.25, -0.2) is 4.79 Å². The maximum Gasteiger partial charge on any atom is 0.317 e. The number of hydrogen-bond acceptors (Lipinski definition) is 3. The molecule has 1 aliphatic rings. The molecule has 138 valence electrons. The molecule has 5 nitrogen and oxygen atoms in total. The van der Waals surface area contributed by atoms with Gasteiger partial charge in [0.05, 0.1) is 0 Å². The lowest BCUT2D eigenvalue weighted by molar-refractivity contribution is 0.173. The summed E-state index contributed by atoms with van der Waals surface area (Å²) < 4.78 is 10.7. The highest BCUT2D eigenvalue weighted by atomic mass is 16.7. The lowest BCUT2D eigenvalue weighted by Gasteiger charge is -2.22. The second kappa shape index (κ2) is 8.13. The Kier molecular flexibility index (Phi) is 5.66. The number of urea groups is 1. The van der Waals surface area contributed by atoms with Crippen LogP contribution in [0.15, 0.2) is 36.4 Å². The van der Waals surface area contributed by atoms with Gasteiger partial charge in [-0.05, 0) is 56.0 Å². The summed E-state index contributed by atoms with van der Waals surface area (Å²) in [6, 6.07) is 12.2. The summed E-state index contributed by atoms with van der Waals surface area (Å²) in [4.78, 5) is 14.3. The van der Waals surface area contributed by atoms with Gasteiger partial charge >= 0.3 is 6.03 Å². The average Bonchev–Trinajstić information content (AvgIpc) is 3.09. The number of benzene rings is 2. The van der Waals surface area contributed by atoms with Crippen molar-refractivity contribution < 1.29 is 14.3 Å². The van der Waals surface area contributed by atoms with Crippen molar-refractivity contribution in [3.63, 3.8) is 0 Å². The van der Waals surface area contributed by atoms with Gasteiger partial charge in [0, 0.05) is 19.6 Å². The Morgan fingerprint density at radius 1 is 1.12 bits per heavy atom. The lowest BCUT2D eigenvalue weighted by Crippen LogP contribution is -2.40. The van der Waals surface area contributed by atoms with Crippen molar-refractivity contribution in [1.82, 2.24) is 10.2 Å². The van der Waals surface area contributed by atoms with Crippen molar-refractivity contribution in [1.29, 1.82) is 0 Å². The number of fused-ring (bicyclic) bond motifs is 1. The van der Waals surface area contributed by atoms with Crippen molar-refractivity contribution in [3.05, 3.63) is 58.7 Å². The molecule has 2 aromatic carbocycles. The number of ether oxygens (including phenoxy) is 2. The van der Waals surface area contributed by atoms with Gasteiger partial charge in [-0.2, -0.15) is 0 Å². The molecule has 0 aromatic heterocycles.